The Bertz CT molecular complexity index is 709. The number of carbonyl (C=O) groups excluding carboxylic acids is 1. The van der Waals surface area contributed by atoms with Crippen molar-refractivity contribution in [3.8, 4) is 0 Å². The van der Waals surface area contributed by atoms with E-state index in [0.29, 0.717) is 6.61 Å². The van der Waals surface area contributed by atoms with Crippen LogP contribution in [-0.4, -0.2) is 23.7 Å². The Kier molecular flexibility index (Phi) is 12.7. The number of hydrogen-bond donors (Lipinski definition) is 1. The van der Waals surface area contributed by atoms with Crippen molar-refractivity contribution in [3.63, 3.8) is 0 Å². The number of carboxylic acids is 1. The second-order valence-electron chi connectivity index (χ2n) is 7.02. The van der Waals surface area contributed by atoms with Crippen LogP contribution < -0.4 is 0 Å². The highest BCUT2D eigenvalue weighted by Crippen LogP contribution is 2.28. The molecule has 0 saturated heterocycles. The molecule has 0 spiro atoms. The third-order valence-electron chi connectivity index (χ3n) is 4.67. The Labute approximate surface area is 178 Å². The van der Waals surface area contributed by atoms with Crippen LogP contribution >= 0.6 is 11.3 Å². The van der Waals surface area contributed by atoms with Gasteiger partial charge in [-0.1, -0.05) is 58.6 Å². The first-order valence-electron chi connectivity index (χ1n) is 10.6. The number of unbranched alkanes of at least 4 members (excludes halogenated alkanes) is 2. The Balaban J connectivity index is 0.000000296. The van der Waals surface area contributed by atoms with Crippen LogP contribution in [0.3, 0.4) is 0 Å². The summed E-state index contributed by atoms with van der Waals surface area (Å²) < 4.78 is 4.96. The maximum atomic E-state index is 11.6. The zero-order chi connectivity index (χ0) is 21.5. The predicted molar refractivity (Wildman–Crippen MR) is 120 cm³/mol. The average Bonchev–Trinajstić information content (AvgIpc) is 3.26. The van der Waals surface area contributed by atoms with E-state index < -0.39 is 11.9 Å². The lowest BCUT2D eigenvalue weighted by Crippen LogP contribution is -2.12. The molecular formula is C24H34O4S. The molecule has 0 amide bonds. The molecule has 0 fully saturated rings. The molecule has 1 aromatic carbocycles. The largest absolute Gasteiger partial charge is 0.478 e. The molecule has 160 valence electrons. The van der Waals surface area contributed by atoms with Crippen LogP contribution in [0.2, 0.25) is 0 Å². The molecule has 0 saturated carbocycles. The molecule has 0 bridgehead atoms. The van der Waals surface area contributed by atoms with Crippen LogP contribution in [0.1, 0.15) is 97.9 Å². The van der Waals surface area contributed by atoms with Gasteiger partial charge in [-0.3, -0.25) is 0 Å². The number of carboxylic acid groups (broad SMARTS) is 1. The molecule has 1 unspecified atom stereocenters. The fraction of sp³-hybridized carbons (Fsp3) is 0.500. The number of aromatic carboxylic acids is 1. The van der Waals surface area contributed by atoms with E-state index >= 15 is 0 Å². The maximum absolute atomic E-state index is 11.6. The normalized spacial score (nSPS) is 11.3. The molecule has 2 aromatic rings. The Morgan fingerprint density at radius 3 is 2.21 bits per heavy atom. The molecule has 1 heterocycles. The lowest BCUT2D eigenvalue weighted by molar-refractivity contribution is 0.0489. The molecule has 4 nitrogen and oxygen atoms in total. The SMILES string of the molecule is CCCCC(CCC)c1ccsc1.CCCCOC(=O)c1ccccc1C(=O)O. The van der Waals surface area contributed by atoms with Crippen molar-refractivity contribution in [2.75, 3.05) is 6.61 Å². The first kappa shape index (κ1) is 24.9. The van der Waals surface area contributed by atoms with E-state index in [1.807, 2.05) is 18.3 Å². The topological polar surface area (TPSA) is 63.6 Å². The van der Waals surface area contributed by atoms with Crippen LogP contribution in [0.5, 0.6) is 0 Å². The summed E-state index contributed by atoms with van der Waals surface area (Å²) in [6.07, 6.45) is 8.45. The van der Waals surface area contributed by atoms with E-state index in [0.717, 1.165) is 18.8 Å². The van der Waals surface area contributed by atoms with Gasteiger partial charge in [0, 0.05) is 0 Å². The number of ether oxygens (including phenoxy) is 1. The number of thiophene rings is 1. The Morgan fingerprint density at radius 1 is 0.966 bits per heavy atom. The van der Waals surface area contributed by atoms with Gasteiger partial charge < -0.3 is 9.84 Å². The standard InChI is InChI=1S/C12H14O4.C12H20S/c1-2-3-8-16-12(15)10-7-5-4-6-9(10)11(13)14;1-3-5-7-11(6-4-2)12-8-9-13-10-12/h4-7H,2-3,8H2,1H3,(H,13,14);8-11H,3-7H2,1-2H3. The summed E-state index contributed by atoms with van der Waals surface area (Å²) in [4.78, 5) is 22.4. The van der Waals surface area contributed by atoms with E-state index in [1.165, 1.54) is 44.2 Å². The fourth-order valence-electron chi connectivity index (χ4n) is 3.02. The molecule has 29 heavy (non-hydrogen) atoms. The summed E-state index contributed by atoms with van der Waals surface area (Å²) in [7, 11) is 0. The van der Waals surface area contributed by atoms with Crippen LogP contribution in [0.4, 0.5) is 0 Å². The third kappa shape index (κ3) is 9.27. The van der Waals surface area contributed by atoms with Crippen LogP contribution in [-0.2, 0) is 4.74 Å². The van der Waals surface area contributed by atoms with Crippen molar-refractivity contribution >= 4 is 23.3 Å². The van der Waals surface area contributed by atoms with Gasteiger partial charge in [-0.2, -0.15) is 11.3 Å². The van der Waals surface area contributed by atoms with Gasteiger partial charge in [0.05, 0.1) is 17.7 Å². The second kappa shape index (κ2) is 14.8. The van der Waals surface area contributed by atoms with Crippen molar-refractivity contribution in [2.24, 2.45) is 0 Å². The lowest BCUT2D eigenvalue weighted by atomic mass is 9.92. The van der Waals surface area contributed by atoms with Crippen molar-refractivity contribution < 1.29 is 19.4 Å². The number of hydrogen-bond acceptors (Lipinski definition) is 4. The second-order valence-corrected chi connectivity index (χ2v) is 7.80. The molecule has 0 aliphatic carbocycles. The van der Waals surface area contributed by atoms with Crippen LogP contribution in [0.15, 0.2) is 41.1 Å². The smallest absolute Gasteiger partial charge is 0.339 e. The zero-order valence-corrected chi connectivity index (χ0v) is 18.7. The average molecular weight is 419 g/mol. The fourth-order valence-corrected chi connectivity index (χ4v) is 3.76. The molecular weight excluding hydrogens is 384 g/mol. The number of esters is 1. The molecule has 1 atom stereocenters. The van der Waals surface area contributed by atoms with Gasteiger partial charge in [0.1, 0.15) is 0 Å². The molecule has 1 N–H and O–H groups in total. The van der Waals surface area contributed by atoms with Gasteiger partial charge in [-0.25, -0.2) is 9.59 Å². The molecule has 2 rings (SSSR count). The van der Waals surface area contributed by atoms with E-state index in [2.05, 4.69) is 30.7 Å². The van der Waals surface area contributed by atoms with E-state index in [4.69, 9.17) is 9.84 Å². The highest BCUT2D eigenvalue weighted by atomic mass is 32.1. The number of rotatable bonds is 11. The summed E-state index contributed by atoms with van der Waals surface area (Å²) in [5.74, 6) is -0.870. The number of carbonyl (C=O) groups is 2. The Hall–Kier alpha value is -2.14. The van der Waals surface area contributed by atoms with Crippen molar-refractivity contribution in [2.45, 2.75) is 71.6 Å². The van der Waals surface area contributed by atoms with Gasteiger partial charge in [-0.05, 0) is 59.7 Å². The summed E-state index contributed by atoms with van der Waals surface area (Å²) in [5.41, 5.74) is 1.65. The molecule has 0 aliphatic rings. The van der Waals surface area contributed by atoms with E-state index in [-0.39, 0.29) is 11.1 Å². The van der Waals surface area contributed by atoms with Gasteiger partial charge in [-0.15, -0.1) is 0 Å². The molecule has 5 heteroatoms. The quantitative estimate of drug-likeness (QED) is 0.310. The Morgan fingerprint density at radius 2 is 1.66 bits per heavy atom. The van der Waals surface area contributed by atoms with Crippen LogP contribution in [0, 0.1) is 0 Å². The van der Waals surface area contributed by atoms with Gasteiger partial charge in [0.2, 0.25) is 0 Å². The lowest BCUT2D eigenvalue weighted by Gasteiger charge is -2.13. The van der Waals surface area contributed by atoms with Crippen molar-refractivity contribution in [1.82, 2.24) is 0 Å². The monoisotopic (exact) mass is 418 g/mol. The maximum Gasteiger partial charge on any atom is 0.339 e. The third-order valence-corrected chi connectivity index (χ3v) is 5.37. The van der Waals surface area contributed by atoms with E-state index in [9.17, 15) is 9.59 Å². The molecule has 1 aromatic heterocycles. The minimum atomic E-state index is -1.12. The molecule has 0 aliphatic heterocycles. The van der Waals surface area contributed by atoms with Crippen LogP contribution in [0.25, 0.3) is 0 Å². The minimum Gasteiger partial charge on any atom is -0.478 e. The first-order chi connectivity index (χ1) is 14.0. The van der Waals surface area contributed by atoms with Gasteiger partial charge >= 0.3 is 11.9 Å². The zero-order valence-electron chi connectivity index (χ0n) is 17.9. The summed E-state index contributed by atoms with van der Waals surface area (Å²) in [6.45, 7) is 6.87. The summed E-state index contributed by atoms with van der Waals surface area (Å²) in [5, 5.41) is 13.4. The molecule has 0 radical (unpaired) electrons. The van der Waals surface area contributed by atoms with E-state index in [1.54, 1.807) is 17.7 Å². The van der Waals surface area contributed by atoms with Gasteiger partial charge in [0.15, 0.2) is 0 Å². The highest BCUT2D eigenvalue weighted by molar-refractivity contribution is 7.07. The predicted octanol–water partition coefficient (Wildman–Crippen LogP) is 7.16. The summed E-state index contributed by atoms with van der Waals surface area (Å²) in [6, 6.07) is 8.33. The first-order valence-corrected chi connectivity index (χ1v) is 11.5. The summed E-state index contributed by atoms with van der Waals surface area (Å²) >= 11 is 1.83. The number of benzene rings is 1. The minimum absolute atomic E-state index is 0.0241. The highest BCUT2D eigenvalue weighted by Gasteiger charge is 2.16. The van der Waals surface area contributed by atoms with Crippen molar-refractivity contribution in [3.05, 3.63) is 57.8 Å². The van der Waals surface area contributed by atoms with Crippen molar-refractivity contribution in [1.29, 1.82) is 0 Å². The van der Waals surface area contributed by atoms with Gasteiger partial charge in [0.25, 0.3) is 0 Å².